The average molecular weight is 1380 g/mol. The van der Waals surface area contributed by atoms with E-state index in [0.717, 1.165) is 55.7 Å². The summed E-state index contributed by atoms with van der Waals surface area (Å²) >= 11 is 3.56. The highest BCUT2D eigenvalue weighted by Gasteiger charge is 2.29. The first-order chi connectivity index (χ1) is 45.0. The van der Waals surface area contributed by atoms with Crippen molar-refractivity contribution in [3.63, 3.8) is 0 Å². The van der Waals surface area contributed by atoms with Gasteiger partial charge in [-0.25, -0.2) is 16.8 Å². The predicted molar refractivity (Wildman–Crippen MR) is 384 cm³/mol. The molecule has 0 unspecified atom stereocenters. The number of aliphatic hydroxyl groups is 3. The number of rotatable bonds is 21. The van der Waals surface area contributed by atoms with Crippen molar-refractivity contribution in [1.82, 2.24) is 4.31 Å². The summed E-state index contributed by atoms with van der Waals surface area (Å²) in [5.74, 6) is 1.05. The summed E-state index contributed by atoms with van der Waals surface area (Å²) in [6, 6.07) is 50.1. The SMILES string of the molecule is C=C(O)CSc1cc(NS(=O)(=O)N2CCN(c3ccccc3)CC2)c2ccccc2c1O.C=C(O)CSc1cc(NS(=O)(=O)c2cccc(C3CCCC3)c2)c2ccccc2c1O.C=C(O)CSc1cc(NS(=O)(=O)c2cccc(N3CCCC3)c2)c2ccccc2c1O. The number of hydrogen-bond acceptors (Lipinski definition) is 17. The van der Waals surface area contributed by atoms with Gasteiger partial charge in [0, 0.05) is 83.0 Å². The number of aromatic hydroxyl groups is 3. The molecule has 2 heterocycles. The van der Waals surface area contributed by atoms with Gasteiger partial charge < -0.3 is 40.4 Å². The van der Waals surface area contributed by atoms with Crippen molar-refractivity contribution in [2.24, 2.45) is 0 Å². The van der Waals surface area contributed by atoms with E-state index in [1.165, 1.54) is 52.4 Å². The average Bonchev–Trinajstić information content (AvgIpc) is 1.14. The Morgan fingerprint density at radius 2 is 0.787 bits per heavy atom. The minimum atomic E-state index is -3.85. The van der Waals surface area contributed by atoms with E-state index in [9.17, 15) is 55.9 Å². The lowest BCUT2D eigenvalue weighted by atomic mass is 9.98. The fourth-order valence-corrected chi connectivity index (χ4v) is 17.3. The Labute approximate surface area is 561 Å². The van der Waals surface area contributed by atoms with E-state index in [1.54, 1.807) is 127 Å². The number of para-hydroxylation sites is 1. The van der Waals surface area contributed by atoms with Gasteiger partial charge >= 0.3 is 10.2 Å². The molecule has 0 aromatic heterocycles. The van der Waals surface area contributed by atoms with E-state index >= 15 is 0 Å². The Morgan fingerprint density at radius 1 is 0.415 bits per heavy atom. The van der Waals surface area contributed by atoms with E-state index in [4.69, 9.17) is 0 Å². The lowest BCUT2D eigenvalue weighted by Gasteiger charge is -2.35. The zero-order valence-corrected chi connectivity index (χ0v) is 56.3. The van der Waals surface area contributed by atoms with Gasteiger partial charge in [-0.1, -0.05) is 142 Å². The molecule has 492 valence electrons. The quantitative estimate of drug-likeness (QED) is 0.0184. The molecule has 12 rings (SSSR count). The first-order valence-electron chi connectivity index (χ1n) is 30.4. The molecule has 1 saturated carbocycles. The molecule has 0 bridgehead atoms. The topological polar surface area (TPSA) is 270 Å². The van der Waals surface area contributed by atoms with Crippen LogP contribution in [0.2, 0.25) is 0 Å². The van der Waals surface area contributed by atoms with E-state index in [2.05, 4.69) is 43.7 Å². The van der Waals surface area contributed by atoms with E-state index in [0.29, 0.717) is 96.2 Å². The van der Waals surface area contributed by atoms with Crippen LogP contribution in [-0.4, -0.2) is 117 Å². The number of piperazine rings is 1. The van der Waals surface area contributed by atoms with Crippen LogP contribution in [0.5, 0.6) is 17.2 Å². The van der Waals surface area contributed by atoms with Crippen molar-refractivity contribution in [2.45, 2.75) is 68.9 Å². The van der Waals surface area contributed by atoms with E-state index in [-0.39, 0.29) is 61.6 Å². The summed E-state index contributed by atoms with van der Waals surface area (Å²) in [7, 11) is -11.5. The molecule has 9 aromatic carbocycles. The third kappa shape index (κ3) is 16.8. The number of benzene rings is 9. The van der Waals surface area contributed by atoms with Crippen LogP contribution in [-0.2, 0) is 30.3 Å². The van der Waals surface area contributed by atoms with Crippen molar-refractivity contribution in [3.8, 4) is 17.2 Å². The van der Waals surface area contributed by atoms with Crippen LogP contribution >= 0.6 is 35.3 Å². The van der Waals surface area contributed by atoms with E-state index < -0.39 is 30.3 Å². The number of nitrogens with zero attached hydrogens (tertiary/aromatic N) is 3. The van der Waals surface area contributed by atoms with Crippen LogP contribution in [0.4, 0.5) is 28.4 Å². The number of hydrogen-bond donors (Lipinski definition) is 9. The standard InChI is InChI=1S/C24H25NO4S2.C23H25N3O4S2.C23H24N2O4S2/c1-16(26)15-30-23-14-22(20-11-4-5-12-21(20)24(23)27)25-31(28,29)19-10-6-9-18(13-19)17-7-2-3-8-17;1-17(27)16-31-22-15-21(19-9-5-6-10-20(19)23(22)28)24-32(29,30)26-13-11-25(12-14-26)18-7-3-2-4-8-18;1-16(26)15-30-22-14-21(19-9-2-3-10-20(19)23(22)27)24-31(28,29)18-8-6-7-17(13-18)25-11-4-5-12-25/h4-6,9-14,17,25-27H,1-3,7-8,15H2;2-10,15,24,27-28H,1,11-14,16H2;2-3,6-10,13-14,24,26-27H,1,4-5,11-12,15H2. The molecule has 94 heavy (non-hydrogen) atoms. The highest BCUT2D eigenvalue weighted by molar-refractivity contribution is 8.00. The maximum Gasteiger partial charge on any atom is 0.301 e. The third-order valence-corrected chi connectivity index (χ3v) is 23.7. The Morgan fingerprint density at radius 3 is 1.22 bits per heavy atom. The monoisotopic (exact) mass is 1380 g/mol. The van der Waals surface area contributed by atoms with Crippen LogP contribution in [0.15, 0.2) is 231 Å². The number of anilines is 5. The molecule has 24 heteroatoms. The number of fused-ring (bicyclic) bond motifs is 3. The minimum Gasteiger partial charge on any atom is -0.512 e. The fraction of sp³-hybridized carbons (Fsp3) is 0.229. The van der Waals surface area contributed by atoms with E-state index in [1.807, 2.05) is 42.5 Å². The molecule has 18 nitrogen and oxygen atoms in total. The summed E-state index contributed by atoms with van der Waals surface area (Å²) in [5, 5.41) is 63.6. The highest BCUT2D eigenvalue weighted by atomic mass is 32.2. The van der Waals surface area contributed by atoms with Gasteiger partial charge in [-0.2, -0.15) is 12.7 Å². The number of aliphatic hydroxyl groups excluding tert-OH is 3. The zero-order valence-electron chi connectivity index (χ0n) is 51.4. The first-order valence-corrected chi connectivity index (χ1v) is 37.7. The second kappa shape index (κ2) is 30.4. The summed E-state index contributed by atoms with van der Waals surface area (Å²) in [6.45, 7) is 14.2. The van der Waals surface area contributed by atoms with Crippen molar-refractivity contribution >= 4 is 126 Å². The summed E-state index contributed by atoms with van der Waals surface area (Å²) in [4.78, 5) is 6.15. The van der Waals surface area contributed by atoms with Crippen molar-refractivity contribution in [1.29, 1.82) is 0 Å². The maximum absolute atomic E-state index is 13.2. The molecule has 2 aliphatic heterocycles. The number of nitrogens with one attached hydrogen (secondary N) is 3. The minimum absolute atomic E-state index is 0.0246. The Kier molecular flexibility index (Phi) is 22.1. The highest BCUT2D eigenvalue weighted by Crippen LogP contribution is 2.44. The van der Waals surface area contributed by atoms with Crippen molar-refractivity contribution in [2.75, 3.05) is 80.5 Å². The Bertz CT molecular complexity index is 4420. The third-order valence-electron chi connectivity index (χ3n) is 16.1. The fourth-order valence-electron chi connectivity index (χ4n) is 11.5. The normalized spacial score (nSPS) is 14.6. The van der Waals surface area contributed by atoms with Gasteiger partial charge in [-0.05, 0) is 97.8 Å². The molecule has 0 radical (unpaired) electrons. The molecule has 0 spiro atoms. The molecule has 1 aliphatic carbocycles. The molecule has 0 atom stereocenters. The molecule has 9 N–H and O–H groups in total. The molecule has 2 saturated heterocycles. The molecule has 9 aromatic rings. The second-order valence-corrected chi connectivity index (χ2v) is 30.9. The van der Waals surface area contributed by atoms with Crippen molar-refractivity contribution in [3.05, 3.63) is 212 Å². The molecule has 0 amide bonds. The Hall–Kier alpha value is -8.36. The van der Waals surface area contributed by atoms with Gasteiger partial charge in [0.1, 0.15) is 17.2 Å². The van der Waals surface area contributed by atoms with Crippen LogP contribution < -0.4 is 24.0 Å². The number of phenols is 3. The van der Waals surface area contributed by atoms with Crippen LogP contribution in [0.25, 0.3) is 32.3 Å². The predicted octanol–water partition coefficient (Wildman–Crippen LogP) is 15.5. The number of phenolic OH excluding ortho intramolecular Hbond substituents is 3. The largest absolute Gasteiger partial charge is 0.512 e. The van der Waals surface area contributed by atoms with Gasteiger partial charge in [0.2, 0.25) is 0 Å². The van der Waals surface area contributed by atoms with Gasteiger partial charge in [-0.3, -0.25) is 14.2 Å². The van der Waals surface area contributed by atoms with Gasteiger partial charge in [0.25, 0.3) is 20.0 Å². The Balaban J connectivity index is 0.000000154. The van der Waals surface area contributed by atoms with Gasteiger partial charge in [0.05, 0.1) is 76.1 Å². The number of sulfonamides is 2. The zero-order chi connectivity index (χ0) is 66.7. The lowest BCUT2D eigenvalue weighted by Crippen LogP contribution is -2.50. The maximum atomic E-state index is 13.2. The van der Waals surface area contributed by atoms with Crippen LogP contribution in [0.3, 0.4) is 0 Å². The molecule has 3 aliphatic rings. The van der Waals surface area contributed by atoms with Crippen LogP contribution in [0.1, 0.15) is 50.0 Å². The lowest BCUT2D eigenvalue weighted by molar-refractivity contribution is 0.388. The molecular weight excluding hydrogens is 1310 g/mol. The van der Waals surface area contributed by atoms with Crippen molar-refractivity contribution < 1.29 is 55.9 Å². The number of thioether (sulfide) groups is 3. The van der Waals surface area contributed by atoms with Crippen LogP contribution in [0, 0.1) is 0 Å². The smallest absolute Gasteiger partial charge is 0.301 e. The van der Waals surface area contributed by atoms with Gasteiger partial charge in [0.15, 0.2) is 0 Å². The molecule has 3 fully saturated rings. The summed E-state index contributed by atoms with van der Waals surface area (Å²) in [6.07, 6.45) is 6.76. The molecular formula is C70H74N6O12S6. The summed E-state index contributed by atoms with van der Waals surface area (Å²) in [5.41, 5.74) is 4.17. The summed E-state index contributed by atoms with van der Waals surface area (Å²) < 4.78 is 88.8. The van der Waals surface area contributed by atoms with Gasteiger partial charge in [-0.15, -0.1) is 35.3 Å². The first kappa shape index (κ1) is 68.5. The second-order valence-electron chi connectivity index (χ2n) is 22.8.